The van der Waals surface area contributed by atoms with Crippen LogP contribution in [0.5, 0.6) is 0 Å². The second kappa shape index (κ2) is 6.53. The second-order valence-electron chi connectivity index (χ2n) is 6.11. The highest BCUT2D eigenvalue weighted by molar-refractivity contribution is 5.76. The van der Waals surface area contributed by atoms with Gasteiger partial charge in [0, 0.05) is 19.0 Å². The van der Waals surface area contributed by atoms with E-state index in [0.29, 0.717) is 18.3 Å². The lowest BCUT2D eigenvalue weighted by Crippen LogP contribution is -2.38. The number of piperidine rings is 1. The van der Waals surface area contributed by atoms with Crippen LogP contribution in [0.2, 0.25) is 0 Å². The normalized spacial score (nSPS) is 30.6. The number of carbonyl (C=O) groups is 1. The zero-order valence-electron chi connectivity index (χ0n) is 11.5. The Morgan fingerprint density at radius 1 is 1.28 bits per heavy atom. The Kier molecular flexibility index (Phi) is 5.01. The Labute approximate surface area is 110 Å². The van der Waals surface area contributed by atoms with Gasteiger partial charge in [0.2, 0.25) is 5.91 Å². The van der Waals surface area contributed by atoms with Crippen molar-refractivity contribution in [1.82, 2.24) is 10.2 Å². The third-order valence-electron chi connectivity index (χ3n) is 4.59. The van der Waals surface area contributed by atoms with Crippen LogP contribution >= 0.6 is 0 Å². The maximum atomic E-state index is 11.9. The fourth-order valence-corrected chi connectivity index (χ4v) is 3.15. The standard InChI is InChI=1S/C14H27N3O/c1-17-7-5-11(6-8-17)10-16-14(18)9-12-3-2-4-13(12)15/h11-13H,2-10,15H2,1H3,(H,16,18)/t12-,13+/m0/s1. The summed E-state index contributed by atoms with van der Waals surface area (Å²) in [6, 6.07) is 0.249. The topological polar surface area (TPSA) is 58.4 Å². The van der Waals surface area contributed by atoms with Crippen molar-refractivity contribution in [3.63, 3.8) is 0 Å². The Hall–Kier alpha value is -0.610. The molecule has 2 aliphatic rings. The fourth-order valence-electron chi connectivity index (χ4n) is 3.15. The van der Waals surface area contributed by atoms with E-state index < -0.39 is 0 Å². The van der Waals surface area contributed by atoms with Gasteiger partial charge in [-0.05, 0) is 57.7 Å². The minimum absolute atomic E-state index is 0.205. The molecular weight excluding hydrogens is 226 g/mol. The number of amides is 1. The molecule has 0 spiro atoms. The van der Waals surface area contributed by atoms with Gasteiger partial charge in [0.1, 0.15) is 0 Å². The highest BCUT2D eigenvalue weighted by Crippen LogP contribution is 2.26. The van der Waals surface area contributed by atoms with Crippen LogP contribution < -0.4 is 11.1 Å². The minimum Gasteiger partial charge on any atom is -0.356 e. The molecule has 0 aromatic carbocycles. The van der Waals surface area contributed by atoms with Gasteiger partial charge in [-0.1, -0.05) is 6.42 Å². The highest BCUT2D eigenvalue weighted by atomic mass is 16.1. The number of hydrogen-bond acceptors (Lipinski definition) is 3. The number of rotatable bonds is 4. The van der Waals surface area contributed by atoms with Crippen LogP contribution in [0.4, 0.5) is 0 Å². The van der Waals surface area contributed by atoms with Crippen LogP contribution in [0.25, 0.3) is 0 Å². The lowest BCUT2D eigenvalue weighted by Gasteiger charge is -2.29. The van der Waals surface area contributed by atoms with E-state index in [1.54, 1.807) is 0 Å². The highest BCUT2D eigenvalue weighted by Gasteiger charge is 2.26. The molecule has 18 heavy (non-hydrogen) atoms. The summed E-state index contributed by atoms with van der Waals surface area (Å²) in [5.41, 5.74) is 6.00. The molecule has 0 radical (unpaired) electrons. The van der Waals surface area contributed by atoms with Crippen LogP contribution in [0.15, 0.2) is 0 Å². The molecule has 0 aromatic rings. The molecule has 2 fully saturated rings. The number of likely N-dealkylation sites (tertiary alicyclic amines) is 1. The molecule has 1 amide bonds. The zero-order chi connectivity index (χ0) is 13.0. The van der Waals surface area contributed by atoms with Gasteiger partial charge in [0.15, 0.2) is 0 Å². The van der Waals surface area contributed by atoms with Gasteiger partial charge < -0.3 is 16.0 Å². The maximum absolute atomic E-state index is 11.9. The summed E-state index contributed by atoms with van der Waals surface area (Å²) in [7, 11) is 2.16. The summed E-state index contributed by atoms with van der Waals surface area (Å²) in [6.45, 7) is 3.18. The lowest BCUT2D eigenvalue weighted by molar-refractivity contribution is -0.122. The molecule has 1 saturated heterocycles. The number of nitrogens with one attached hydrogen (secondary N) is 1. The first-order valence-corrected chi connectivity index (χ1v) is 7.36. The number of nitrogens with zero attached hydrogens (tertiary/aromatic N) is 1. The second-order valence-corrected chi connectivity index (χ2v) is 6.11. The monoisotopic (exact) mass is 253 g/mol. The van der Waals surface area contributed by atoms with E-state index in [2.05, 4.69) is 17.3 Å². The van der Waals surface area contributed by atoms with E-state index in [0.717, 1.165) is 32.5 Å². The van der Waals surface area contributed by atoms with E-state index in [9.17, 15) is 4.79 Å². The van der Waals surface area contributed by atoms with E-state index >= 15 is 0 Å². The average Bonchev–Trinajstić information content (AvgIpc) is 2.74. The first-order valence-electron chi connectivity index (χ1n) is 7.36. The van der Waals surface area contributed by atoms with Gasteiger partial charge in [-0.3, -0.25) is 4.79 Å². The van der Waals surface area contributed by atoms with Crippen LogP contribution in [0, 0.1) is 11.8 Å². The van der Waals surface area contributed by atoms with Gasteiger partial charge >= 0.3 is 0 Å². The third-order valence-corrected chi connectivity index (χ3v) is 4.59. The number of carbonyl (C=O) groups excluding carboxylic acids is 1. The predicted octanol–water partition coefficient (Wildman–Crippen LogP) is 0.962. The van der Waals surface area contributed by atoms with E-state index in [1.807, 2.05) is 0 Å². The summed E-state index contributed by atoms with van der Waals surface area (Å²) >= 11 is 0. The summed E-state index contributed by atoms with van der Waals surface area (Å²) in [6.07, 6.45) is 6.46. The molecule has 0 unspecified atom stereocenters. The van der Waals surface area contributed by atoms with Crippen molar-refractivity contribution in [3.05, 3.63) is 0 Å². The minimum atomic E-state index is 0.205. The zero-order valence-corrected chi connectivity index (χ0v) is 11.5. The Bertz CT molecular complexity index is 274. The molecule has 1 saturated carbocycles. The van der Waals surface area contributed by atoms with E-state index in [-0.39, 0.29) is 11.9 Å². The van der Waals surface area contributed by atoms with Crippen LogP contribution in [0.1, 0.15) is 38.5 Å². The predicted molar refractivity (Wildman–Crippen MR) is 73.2 cm³/mol. The molecule has 1 aliphatic heterocycles. The Morgan fingerprint density at radius 2 is 2.00 bits per heavy atom. The summed E-state index contributed by atoms with van der Waals surface area (Å²) in [5, 5.41) is 3.10. The van der Waals surface area contributed by atoms with Crippen LogP contribution in [-0.4, -0.2) is 43.5 Å². The molecule has 104 valence electrons. The fraction of sp³-hybridized carbons (Fsp3) is 0.929. The quantitative estimate of drug-likeness (QED) is 0.784. The molecular formula is C14H27N3O. The van der Waals surface area contributed by atoms with Crippen molar-refractivity contribution < 1.29 is 4.79 Å². The van der Waals surface area contributed by atoms with Gasteiger partial charge in [-0.25, -0.2) is 0 Å². The number of nitrogens with two attached hydrogens (primary N) is 1. The molecule has 0 aromatic heterocycles. The van der Waals surface area contributed by atoms with Crippen LogP contribution in [-0.2, 0) is 4.79 Å². The molecule has 1 heterocycles. The molecule has 4 nitrogen and oxygen atoms in total. The van der Waals surface area contributed by atoms with Gasteiger partial charge in [-0.2, -0.15) is 0 Å². The molecule has 3 N–H and O–H groups in total. The third kappa shape index (κ3) is 3.95. The first kappa shape index (κ1) is 13.8. The molecule has 1 aliphatic carbocycles. The van der Waals surface area contributed by atoms with Crippen molar-refractivity contribution >= 4 is 5.91 Å². The molecule has 0 bridgehead atoms. The molecule has 2 atom stereocenters. The number of hydrogen-bond donors (Lipinski definition) is 2. The van der Waals surface area contributed by atoms with Gasteiger partial charge in [0.05, 0.1) is 0 Å². The van der Waals surface area contributed by atoms with Crippen molar-refractivity contribution in [1.29, 1.82) is 0 Å². The van der Waals surface area contributed by atoms with Crippen molar-refractivity contribution in [2.75, 3.05) is 26.7 Å². The van der Waals surface area contributed by atoms with Gasteiger partial charge in [-0.15, -0.1) is 0 Å². The lowest BCUT2D eigenvalue weighted by atomic mass is 9.96. The van der Waals surface area contributed by atoms with Crippen molar-refractivity contribution in [2.45, 2.75) is 44.6 Å². The van der Waals surface area contributed by atoms with Crippen molar-refractivity contribution in [2.24, 2.45) is 17.6 Å². The van der Waals surface area contributed by atoms with Gasteiger partial charge in [0.25, 0.3) is 0 Å². The Morgan fingerprint density at radius 3 is 2.61 bits per heavy atom. The molecule has 2 rings (SSSR count). The summed E-state index contributed by atoms with van der Waals surface area (Å²) in [4.78, 5) is 14.2. The largest absolute Gasteiger partial charge is 0.356 e. The van der Waals surface area contributed by atoms with E-state index in [1.165, 1.54) is 19.3 Å². The van der Waals surface area contributed by atoms with E-state index in [4.69, 9.17) is 5.73 Å². The van der Waals surface area contributed by atoms with Crippen molar-refractivity contribution in [3.8, 4) is 0 Å². The van der Waals surface area contributed by atoms with Crippen LogP contribution in [0.3, 0.4) is 0 Å². The maximum Gasteiger partial charge on any atom is 0.220 e. The average molecular weight is 253 g/mol. The Balaban J connectivity index is 1.62. The smallest absolute Gasteiger partial charge is 0.220 e. The SMILES string of the molecule is CN1CCC(CNC(=O)C[C@@H]2CCC[C@H]2N)CC1. The summed E-state index contributed by atoms with van der Waals surface area (Å²) in [5.74, 6) is 1.29. The molecule has 4 heteroatoms. The first-order chi connectivity index (χ1) is 8.65. The summed E-state index contributed by atoms with van der Waals surface area (Å²) < 4.78 is 0.